The number of nitrogens with zero attached hydrogens (tertiary/aromatic N) is 3. The molecule has 1 atom stereocenters. The SMILES string of the molecule is O=S(CCN1CCOCC1)c1nc2ncccc2[nH]1. The van der Waals surface area contributed by atoms with E-state index in [-0.39, 0.29) is 0 Å². The zero-order valence-corrected chi connectivity index (χ0v) is 11.4. The molecular formula is C12H16N4O2S. The van der Waals surface area contributed by atoms with Gasteiger partial charge < -0.3 is 9.72 Å². The summed E-state index contributed by atoms with van der Waals surface area (Å²) < 4.78 is 17.5. The summed E-state index contributed by atoms with van der Waals surface area (Å²) >= 11 is 0. The average Bonchev–Trinajstić information content (AvgIpc) is 2.90. The van der Waals surface area contributed by atoms with Crippen molar-refractivity contribution >= 4 is 22.0 Å². The molecule has 6 nitrogen and oxygen atoms in total. The Balaban J connectivity index is 1.63. The minimum atomic E-state index is -1.11. The predicted molar refractivity (Wildman–Crippen MR) is 72.4 cm³/mol. The topological polar surface area (TPSA) is 71.1 Å². The first kappa shape index (κ1) is 12.7. The maximum absolute atomic E-state index is 12.2. The molecule has 0 spiro atoms. The first-order chi connectivity index (χ1) is 9.33. The van der Waals surface area contributed by atoms with Crippen molar-refractivity contribution in [3.8, 4) is 0 Å². The molecule has 1 fully saturated rings. The van der Waals surface area contributed by atoms with Gasteiger partial charge in [-0.05, 0) is 12.1 Å². The highest BCUT2D eigenvalue weighted by molar-refractivity contribution is 7.84. The summed E-state index contributed by atoms with van der Waals surface area (Å²) in [5.74, 6) is 0.583. The number of ether oxygens (including phenoxy) is 1. The second-order valence-electron chi connectivity index (χ2n) is 4.42. The molecule has 1 saturated heterocycles. The van der Waals surface area contributed by atoms with Gasteiger partial charge in [-0.3, -0.25) is 9.11 Å². The van der Waals surface area contributed by atoms with Crippen molar-refractivity contribution in [3.05, 3.63) is 18.3 Å². The lowest BCUT2D eigenvalue weighted by molar-refractivity contribution is 0.0409. The highest BCUT2D eigenvalue weighted by Gasteiger charge is 2.14. The molecule has 1 N–H and O–H groups in total. The third kappa shape index (κ3) is 2.99. The molecule has 3 heterocycles. The molecule has 0 aliphatic carbocycles. The van der Waals surface area contributed by atoms with Crippen LogP contribution in [0.1, 0.15) is 0 Å². The molecule has 1 aliphatic rings. The molecule has 19 heavy (non-hydrogen) atoms. The molecule has 2 aromatic heterocycles. The quantitative estimate of drug-likeness (QED) is 0.877. The van der Waals surface area contributed by atoms with E-state index in [1.54, 1.807) is 6.20 Å². The van der Waals surface area contributed by atoms with Gasteiger partial charge in [-0.2, -0.15) is 0 Å². The van der Waals surface area contributed by atoms with Gasteiger partial charge in [-0.25, -0.2) is 9.97 Å². The van der Waals surface area contributed by atoms with Crippen molar-refractivity contribution in [2.24, 2.45) is 0 Å². The standard InChI is InChI=1S/C12H16N4O2S/c17-19(9-6-16-4-7-18-8-5-16)12-14-10-2-1-3-13-11(10)15-12/h1-3H,4-9H2,(H,13,14,15). The Labute approximate surface area is 113 Å². The van der Waals surface area contributed by atoms with Crippen LogP contribution in [0.15, 0.2) is 23.5 Å². The number of morpholine rings is 1. The lowest BCUT2D eigenvalue weighted by Gasteiger charge is -2.25. The number of rotatable bonds is 4. The van der Waals surface area contributed by atoms with Crippen LogP contribution in [0.5, 0.6) is 0 Å². The van der Waals surface area contributed by atoms with Crippen LogP contribution in [-0.4, -0.2) is 62.7 Å². The van der Waals surface area contributed by atoms with Crippen molar-refractivity contribution in [3.63, 3.8) is 0 Å². The van der Waals surface area contributed by atoms with Crippen LogP contribution in [0.4, 0.5) is 0 Å². The maximum Gasteiger partial charge on any atom is 0.198 e. The fourth-order valence-corrected chi connectivity index (χ4v) is 3.09. The highest BCUT2D eigenvalue weighted by atomic mass is 32.2. The van der Waals surface area contributed by atoms with Crippen LogP contribution in [0.3, 0.4) is 0 Å². The molecule has 0 amide bonds. The van der Waals surface area contributed by atoms with E-state index in [9.17, 15) is 4.21 Å². The predicted octanol–water partition coefficient (Wildman–Crippen LogP) is 0.398. The number of aromatic nitrogens is 3. The summed E-state index contributed by atoms with van der Waals surface area (Å²) in [5, 5.41) is 0.516. The van der Waals surface area contributed by atoms with Crippen molar-refractivity contribution in [2.75, 3.05) is 38.6 Å². The molecule has 1 unspecified atom stereocenters. The summed E-state index contributed by atoms with van der Waals surface area (Å²) in [4.78, 5) is 13.7. The third-order valence-electron chi connectivity index (χ3n) is 3.15. The van der Waals surface area contributed by atoms with Crippen LogP contribution in [0, 0.1) is 0 Å². The Kier molecular flexibility index (Phi) is 3.86. The van der Waals surface area contributed by atoms with Gasteiger partial charge in [-0.15, -0.1) is 0 Å². The largest absolute Gasteiger partial charge is 0.379 e. The van der Waals surface area contributed by atoms with E-state index in [2.05, 4.69) is 19.9 Å². The van der Waals surface area contributed by atoms with E-state index >= 15 is 0 Å². The number of pyridine rings is 1. The zero-order valence-electron chi connectivity index (χ0n) is 10.5. The molecule has 1 aliphatic heterocycles. The monoisotopic (exact) mass is 280 g/mol. The van der Waals surface area contributed by atoms with E-state index in [0.717, 1.165) is 38.4 Å². The number of H-pyrrole nitrogens is 1. The number of fused-ring (bicyclic) bond motifs is 1. The van der Waals surface area contributed by atoms with Crippen molar-refractivity contribution in [1.29, 1.82) is 0 Å². The van der Waals surface area contributed by atoms with Gasteiger partial charge in [0.1, 0.15) is 0 Å². The molecule has 0 bridgehead atoms. The number of hydrogen-bond acceptors (Lipinski definition) is 5. The van der Waals surface area contributed by atoms with Gasteiger partial charge in [0.25, 0.3) is 0 Å². The Morgan fingerprint density at radius 2 is 2.26 bits per heavy atom. The van der Waals surface area contributed by atoms with Crippen LogP contribution in [0.2, 0.25) is 0 Å². The fraction of sp³-hybridized carbons (Fsp3) is 0.500. The van der Waals surface area contributed by atoms with Crippen LogP contribution in [-0.2, 0) is 15.5 Å². The molecule has 3 rings (SSSR count). The second kappa shape index (κ2) is 5.77. The molecule has 0 saturated carbocycles. The summed E-state index contributed by atoms with van der Waals surface area (Å²) in [6.45, 7) is 4.17. The van der Waals surface area contributed by atoms with Gasteiger partial charge in [0, 0.05) is 31.6 Å². The Morgan fingerprint density at radius 3 is 3.05 bits per heavy atom. The molecular weight excluding hydrogens is 264 g/mol. The first-order valence-corrected chi connectivity index (χ1v) is 7.64. The Hall–Kier alpha value is -1.31. The van der Waals surface area contributed by atoms with Crippen molar-refractivity contribution in [1.82, 2.24) is 19.9 Å². The Morgan fingerprint density at radius 1 is 1.42 bits per heavy atom. The van der Waals surface area contributed by atoms with Gasteiger partial charge in [0.05, 0.1) is 29.5 Å². The number of imidazole rings is 1. The summed E-state index contributed by atoms with van der Waals surface area (Å²) in [6.07, 6.45) is 1.68. The van der Waals surface area contributed by atoms with Gasteiger partial charge >= 0.3 is 0 Å². The van der Waals surface area contributed by atoms with E-state index < -0.39 is 10.8 Å². The lowest BCUT2D eigenvalue weighted by Crippen LogP contribution is -2.38. The normalized spacial score (nSPS) is 18.7. The van der Waals surface area contributed by atoms with Crippen LogP contribution < -0.4 is 0 Å². The van der Waals surface area contributed by atoms with Crippen molar-refractivity contribution in [2.45, 2.75) is 5.16 Å². The van der Waals surface area contributed by atoms with Crippen LogP contribution >= 0.6 is 0 Å². The lowest BCUT2D eigenvalue weighted by atomic mass is 10.4. The number of hydrogen-bond donors (Lipinski definition) is 1. The molecule has 0 radical (unpaired) electrons. The average molecular weight is 280 g/mol. The van der Waals surface area contributed by atoms with E-state index in [0.29, 0.717) is 16.6 Å². The van der Waals surface area contributed by atoms with Gasteiger partial charge in [0.15, 0.2) is 10.8 Å². The molecule has 7 heteroatoms. The minimum Gasteiger partial charge on any atom is -0.379 e. The summed E-state index contributed by atoms with van der Waals surface area (Å²) in [6, 6.07) is 3.72. The van der Waals surface area contributed by atoms with Gasteiger partial charge in [0.2, 0.25) is 0 Å². The third-order valence-corrected chi connectivity index (χ3v) is 4.33. The first-order valence-electron chi connectivity index (χ1n) is 6.32. The van der Waals surface area contributed by atoms with Crippen molar-refractivity contribution < 1.29 is 8.95 Å². The summed E-state index contributed by atoms with van der Waals surface area (Å²) in [5.41, 5.74) is 1.45. The molecule has 2 aromatic rings. The minimum absolute atomic E-state index is 0.516. The summed E-state index contributed by atoms with van der Waals surface area (Å²) in [7, 11) is -1.11. The second-order valence-corrected chi connectivity index (χ2v) is 5.91. The van der Waals surface area contributed by atoms with E-state index in [4.69, 9.17) is 4.74 Å². The Bertz CT molecular complexity index is 547. The molecule has 102 valence electrons. The highest BCUT2D eigenvalue weighted by Crippen LogP contribution is 2.10. The zero-order chi connectivity index (χ0) is 13.1. The number of aromatic amines is 1. The smallest absolute Gasteiger partial charge is 0.198 e. The number of nitrogens with one attached hydrogen (secondary N) is 1. The van der Waals surface area contributed by atoms with E-state index in [1.807, 2.05) is 12.1 Å². The van der Waals surface area contributed by atoms with E-state index in [1.165, 1.54) is 0 Å². The maximum atomic E-state index is 12.2. The fourth-order valence-electron chi connectivity index (χ4n) is 2.06. The van der Waals surface area contributed by atoms with Gasteiger partial charge in [-0.1, -0.05) is 0 Å². The molecule has 0 aromatic carbocycles. The van der Waals surface area contributed by atoms with Crippen LogP contribution in [0.25, 0.3) is 11.2 Å².